The standard InChI is InChI=1S/C15H23N5O2S/c1-2-20-13(10-7-8-10)18-19-15(20)23-9-12(21)17-14(22)16-11-5-3-4-6-11/h10-11H,2-9H2,1H3,(H2,16,17,21,22). The van der Waals surface area contributed by atoms with Crippen LogP contribution < -0.4 is 10.6 Å². The normalized spacial score (nSPS) is 18.1. The van der Waals surface area contributed by atoms with Crippen LogP contribution in [0.2, 0.25) is 0 Å². The molecule has 0 unspecified atom stereocenters. The third-order valence-electron chi connectivity index (χ3n) is 4.28. The maximum atomic E-state index is 11.9. The quantitative estimate of drug-likeness (QED) is 0.776. The highest BCUT2D eigenvalue weighted by molar-refractivity contribution is 7.99. The summed E-state index contributed by atoms with van der Waals surface area (Å²) >= 11 is 1.33. The fourth-order valence-corrected chi connectivity index (χ4v) is 3.74. The second kappa shape index (κ2) is 7.33. The predicted octanol–water partition coefficient (Wildman–Crippen LogP) is 2.04. The first-order valence-electron chi connectivity index (χ1n) is 8.33. The van der Waals surface area contributed by atoms with Gasteiger partial charge >= 0.3 is 6.03 Å². The van der Waals surface area contributed by atoms with E-state index in [-0.39, 0.29) is 17.7 Å². The van der Waals surface area contributed by atoms with Crippen LogP contribution in [-0.2, 0) is 11.3 Å². The lowest BCUT2D eigenvalue weighted by Gasteiger charge is -2.12. The number of aromatic nitrogens is 3. The van der Waals surface area contributed by atoms with Gasteiger partial charge in [-0.1, -0.05) is 24.6 Å². The van der Waals surface area contributed by atoms with Crippen LogP contribution in [0.5, 0.6) is 0 Å². The van der Waals surface area contributed by atoms with Crippen LogP contribution in [0.15, 0.2) is 5.16 Å². The molecule has 1 aromatic heterocycles. The molecule has 1 aromatic rings. The van der Waals surface area contributed by atoms with Crippen molar-refractivity contribution in [2.24, 2.45) is 0 Å². The van der Waals surface area contributed by atoms with Crippen molar-refractivity contribution in [3.8, 4) is 0 Å². The van der Waals surface area contributed by atoms with Crippen molar-refractivity contribution in [3.05, 3.63) is 5.82 Å². The average Bonchev–Trinajstić information content (AvgIpc) is 3.08. The molecule has 0 saturated heterocycles. The number of rotatable bonds is 6. The summed E-state index contributed by atoms with van der Waals surface area (Å²) in [7, 11) is 0. The number of nitrogens with zero attached hydrogens (tertiary/aromatic N) is 3. The molecule has 7 nitrogen and oxygen atoms in total. The topological polar surface area (TPSA) is 88.9 Å². The van der Waals surface area contributed by atoms with E-state index in [4.69, 9.17) is 0 Å². The summed E-state index contributed by atoms with van der Waals surface area (Å²) in [6, 6.07) is -0.183. The van der Waals surface area contributed by atoms with Crippen molar-refractivity contribution in [3.63, 3.8) is 0 Å². The van der Waals surface area contributed by atoms with Crippen molar-refractivity contribution >= 4 is 23.7 Å². The lowest BCUT2D eigenvalue weighted by atomic mass is 10.2. The second-order valence-electron chi connectivity index (χ2n) is 6.15. The Morgan fingerprint density at radius 3 is 2.61 bits per heavy atom. The number of carbonyl (C=O) groups excluding carboxylic acids is 2. The number of urea groups is 1. The largest absolute Gasteiger partial charge is 0.335 e. The third kappa shape index (κ3) is 4.25. The molecule has 8 heteroatoms. The van der Waals surface area contributed by atoms with Gasteiger partial charge in [0.15, 0.2) is 5.16 Å². The zero-order valence-corrected chi connectivity index (χ0v) is 14.2. The van der Waals surface area contributed by atoms with Crippen molar-refractivity contribution < 1.29 is 9.59 Å². The van der Waals surface area contributed by atoms with E-state index < -0.39 is 6.03 Å². The monoisotopic (exact) mass is 337 g/mol. The van der Waals surface area contributed by atoms with Crippen LogP contribution in [0.4, 0.5) is 4.79 Å². The summed E-state index contributed by atoms with van der Waals surface area (Å²) < 4.78 is 2.06. The highest BCUT2D eigenvalue weighted by Gasteiger charge is 2.30. The second-order valence-corrected chi connectivity index (χ2v) is 7.09. The van der Waals surface area contributed by atoms with E-state index >= 15 is 0 Å². The molecule has 2 saturated carbocycles. The summed E-state index contributed by atoms with van der Waals surface area (Å²) in [5.74, 6) is 1.42. The molecule has 1 heterocycles. The van der Waals surface area contributed by atoms with Gasteiger partial charge in [-0.15, -0.1) is 10.2 Å². The van der Waals surface area contributed by atoms with E-state index in [2.05, 4.69) is 32.3 Å². The molecule has 0 atom stereocenters. The van der Waals surface area contributed by atoms with Gasteiger partial charge in [-0.3, -0.25) is 10.1 Å². The van der Waals surface area contributed by atoms with Gasteiger partial charge in [-0.05, 0) is 32.6 Å². The number of hydrogen-bond acceptors (Lipinski definition) is 5. The smallest absolute Gasteiger partial charge is 0.321 e. The Morgan fingerprint density at radius 2 is 1.96 bits per heavy atom. The molecule has 0 spiro atoms. The zero-order chi connectivity index (χ0) is 16.2. The van der Waals surface area contributed by atoms with E-state index in [9.17, 15) is 9.59 Å². The van der Waals surface area contributed by atoms with E-state index in [1.165, 1.54) is 24.6 Å². The van der Waals surface area contributed by atoms with Crippen LogP contribution in [0.25, 0.3) is 0 Å². The van der Waals surface area contributed by atoms with Crippen LogP contribution in [-0.4, -0.2) is 38.5 Å². The Morgan fingerprint density at radius 1 is 1.22 bits per heavy atom. The molecular formula is C15H23N5O2S. The van der Waals surface area contributed by atoms with Crippen LogP contribution in [0, 0.1) is 0 Å². The van der Waals surface area contributed by atoms with Crippen molar-refractivity contribution in [2.45, 2.75) is 69.1 Å². The number of amides is 3. The maximum Gasteiger partial charge on any atom is 0.321 e. The molecule has 2 N–H and O–H groups in total. The fraction of sp³-hybridized carbons (Fsp3) is 0.733. The Hall–Kier alpha value is -1.57. The van der Waals surface area contributed by atoms with E-state index in [0.29, 0.717) is 5.92 Å². The summed E-state index contributed by atoms with van der Waals surface area (Å²) in [5.41, 5.74) is 0. The molecule has 2 fully saturated rings. The molecule has 126 valence electrons. The molecular weight excluding hydrogens is 314 g/mol. The SMILES string of the molecule is CCn1c(SCC(=O)NC(=O)NC2CCCC2)nnc1C1CC1. The molecule has 0 bridgehead atoms. The number of thioether (sulfide) groups is 1. The van der Waals surface area contributed by atoms with Crippen LogP contribution in [0.1, 0.15) is 57.2 Å². The Kier molecular flexibility index (Phi) is 5.20. The Labute approximate surface area is 140 Å². The minimum atomic E-state index is -0.391. The van der Waals surface area contributed by atoms with Gasteiger partial charge < -0.3 is 9.88 Å². The molecule has 23 heavy (non-hydrogen) atoms. The number of carbonyl (C=O) groups is 2. The first-order valence-corrected chi connectivity index (χ1v) is 9.32. The number of imide groups is 1. The van der Waals surface area contributed by atoms with Crippen LogP contribution >= 0.6 is 11.8 Å². The van der Waals surface area contributed by atoms with E-state index in [0.717, 1.165) is 43.2 Å². The molecule has 2 aliphatic carbocycles. The van der Waals surface area contributed by atoms with Gasteiger partial charge in [0.25, 0.3) is 0 Å². The molecule has 2 aliphatic rings. The first kappa shape index (κ1) is 16.3. The van der Waals surface area contributed by atoms with Crippen molar-refractivity contribution in [2.75, 3.05) is 5.75 Å². The number of hydrogen-bond donors (Lipinski definition) is 2. The van der Waals surface area contributed by atoms with Gasteiger partial charge in [0.2, 0.25) is 5.91 Å². The summed E-state index contributed by atoms with van der Waals surface area (Å²) in [4.78, 5) is 23.7. The molecule has 3 amide bonds. The van der Waals surface area contributed by atoms with E-state index in [1.54, 1.807) is 0 Å². The van der Waals surface area contributed by atoms with Crippen molar-refractivity contribution in [1.82, 2.24) is 25.4 Å². The average molecular weight is 337 g/mol. The maximum absolute atomic E-state index is 11.9. The third-order valence-corrected chi connectivity index (χ3v) is 5.25. The molecule has 0 radical (unpaired) electrons. The summed E-state index contributed by atoms with van der Waals surface area (Å²) in [5, 5.41) is 14.4. The van der Waals surface area contributed by atoms with Gasteiger partial charge in [-0.2, -0.15) is 0 Å². The lowest BCUT2D eigenvalue weighted by molar-refractivity contribution is -0.117. The van der Waals surface area contributed by atoms with Gasteiger partial charge in [-0.25, -0.2) is 4.79 Å². The van der Waals surface area contributed by atoms with Gasteiger partial charge in [0.05, 0.1) is 5.75 Å². The van der Waals surface area contributed by atoms with Gasteiger partial charge in [0, 0.05) is 18.5 Å². The molecule has 0 aliphatic heterocycles. The van der Waals surface area contributed by atoms with Gasteiger partial charge in [0.1, 0.15) is 5.82 Å². The summed E-state index contributed by atoms with van der Waals surface area (Å²) in [6.45, 7) is 2.85. The predicted molar refractivity (Wildman–Crippen MR) is 87.3 cm³/mol. The highest BCUT2D eigenvalue weighted by atomic mass is 32.2. The Bertz CT molecular complexity index is 578. The fourth-order valence-electron chi connectivity index (χ4n) is 2.93. The zero-order valence-electron chi connectivity index (χ0n) is 13.4. The number of nitrogens with one attached hydrogen (secondary N) is 2. The van der Waals surface area contributed by atoms with E-state index in [1.807, 2.05) is 0 Å². The molecule has 0 aromatic carbocycles. The highest BCUT2D eigenvalue weighted by Crippen LogP contribution is 2.39. The van der Waals surface area contributed by atoms with Crippen molar-refractivity contribution in [1.29, 1.82) is 0 Å². The first-order chi connectivity index (χ1) is 11.2. The lowest BCUT2D eigenvalue weighted by Crippen LogP contribution is -2.44. The minimum absolute atomic E-state index is 0.168. The summed E-state index contributed by atoms with van der Waals surface area (Å²) in [6.07, 6.45) is 6.63. The molecule has 3 rings (SSSR count). The minimum Gasteiger partial charge on any atom is -0.335 e. The van der Waals surface area contributed by atoms with Crippen LogP contribution in [0.3, 0.4) is 0 Å². The Balaban J connectivity index is 1.46.